The summed E-state index contributed by atoms with van der Waals surface area (Å²) >= 11 is 0. The summed E-state index contributed by atoms with van der Waals surface area (Å²) in [5.41, 5.74) is -0.956. The predicted molar refractivity (Wildman–Crippen MR) is 121 cm³/mol. The van der Waals surface area contributed by atoms with E-state index in [1.807, 2.05) is 30.3 Å². The number of aromatic nitrogens is 3. The Morgan fingerprint density at radius 1 is 1.11 bits per heavy atom. The minimum atomic E-state index is -4.58. The third-order valence-electron chi connectivity index (χ3n) is 6.91. The van der Waals surface area contributed by atoms with Crippen molar-refractivity contribution >= 4 is 0 Å². The second kappa shape index (κ2) is 10.0. The van der Waals surface area contributed by atoms with E-state index < -0.39 is 35.6 Å². The van der Waals surface area contributed by atoms with Gasteiger partial charge in [0.1, 0.15) is 19.3 Å². The number of hydrogen-bond donors (Lipinski definition) is 2. The van der Waals surface area contributed by atoms with Crippen molar-refractivity contribution in [2.75, 3.05) is 19.8 Å². The summed E-state index contributed by atoms with van der Waals surface area (Å²) in [5.74, 6) is 0. The van der Waals surface area contributed by atoms with Gasteiger partial charge in [-0.2, -0.15) is 13.2 Å². The van der Waals surface area contributed by atoms with E-state index in [4.69, 9.17) is 4.74 Å². The lowest BCUT2D eigenvalue weighted by Crippen LogP contribution is -2.60. The second-order valence-corrected chi connectivity index (χ2v) is 9.10. The van der Waals surface area contributed by atoms with E-state index in [1.54, 1.807) is 24.1 Å². The number of alkyl halides is 4. The van der Waals surface area contributed by atoms with E-state index in [9.17, 15) is 22.7 Å². The van der Waals surface area contributed by atoms with Crippen LogP contribution < -0.4 is 5.32 Å². The third-order valence-corrected chi connectivity index (χ3v) is 6.91. The SMILES string of the molecule is C[C@H](OC[C@]1(c2ccccc2)CC[C@](CO)(n2cnnc2)CN1)c1cc(CF)cc(C(F)(F)F)c1. The molecule has 1 aliphatic rings. The minimum Gasteiger partial charge on any atom is -0.394 e. The highest BCUT2D eigenvalue weighted by atomic mass is 19.4. The van der Waals surface area contributed by atoms with Crippen molar-refractivity contribution in [2.45, 2.75) is 49.8 Å². The molecule has 10 heteroatoms. The number of aliphatic hydroxyl groups excluding tert-OH is 1. The quantitative estimate of drug-likeness (QED) is 0.453. The largest absolute Gasteiger partial charge is 0.416 e. The fourth-order valence-corrected chi connectivity index (χ4v) is 4.61. The van der Waals surface area contributed by atoms with Crippen LogP contribution in [0.4, 0.5) is 17.6 Å². The van der Waals surface area contributed by atoms with Crippen molar-refractivity contribution in [1.29, 1.82) is 0 Å². The Hall–Kier alpha value is -2.82. The maximum atomic E-state index is 13.3. The number of aliphatic hydroxyl groups is 1. The molecule has 0 saturated carbocycles. The molecule has 1 aliphatic heterocycles. The average Bonchev–Trinajstić information content (AvgIpc) is 3.43. The fourth-order valence-electron chi connectivity index (χ4n) is 4.61. The highest BCUT2D eigenvalue weighted by molar-refractivity contribution is 5.33. The van der Waals surface area contributed by atoms with Crippen molar-refractivity contribution in [3.8, 4) is 0 Å². The molecule has 0 unspecified atom stereocenters. The van der Waals surface area contributed by atoms with Gasteiger partial charge in [0.15, 0.2) is 0 Å². The van der Waals surface area contributed by atoms with Crippen LogP contribution in [0.2, 0.25) is 0 Å². The standard InChI is InChI=1S/C25H28F4N4O2/c1-18(20-9-19(12-26)10-22(11-20)25(27,28)29)35-15-24(21-5-3-2-4-6-21)8-7-23(14-34,13-30-24)33-16-31-32-17-33/h2-6,9-11,16-18,30,34H,7-8,12-15H2,1H3/t18-,23-,24-/m0/s1. The molecule has 188 valence electrons. The van der Waals surface area contributed by atoms with Gasteiger partial charge < -0.3 is 19.7 Å². The Labute approximate surface area is 201 Å². The van der Waals surface area contributed by atoms with Gasteiger partial charge in [-0.3, -0.25) is 0 Å². The molecule has 0 bridgehead atoms. The van der Waals surface area contributed by atoms with Gasteiger partial charge in [-0.1, -0.05) is 36.4 Å². The molecule has 1 aromatic heterocycles. The monoisotopic (exact) mass is 492 g/mol. The smallest absolute Gasteiger partial charge is 0.394 e. The van der Waals surface area contributed by atoms with E-state index in [0.29, 0.717) is 19.4 Å². The highest BCUT2D eigenvalue weighted by Crippen LogP contribution is 2.39. The van der Waals surface area contributed by atoms with Crippen LogP contribution in [0.3, 0.4) is 0 Å². The maximum absolute atomic E-state index is 13.3. The number of nitrogens with zero attached hydrogens (tertiary/aromatic N) is 3. The number of rotatable bonds is 8. The highest BCUT2D eigenvalue weighted by Gasteiger charge is 2.45. The Kier molecular flexibility index (Phi) is 7.25. The molecule has 0 aliphatic carbocycles. The Bertz CT molecular complexity index is 1100. The summed E-state index contributed by atoms with van der Waals surface area (Å²) in [5, 5.41) is 21.5. The molecule has 4 rings (SSSR count). The normalized spacial score (nSPS) is 23.8. The summed E-state index contributed by atoms with van der Waals surface area (Å²) in [6.07, 6.45) is -0.958. The first-order valence-corrected chi connectivity index (χ1v) is 11.4. The molecule has 2 heterocycles. The molecule has 6 nitrogen and oxygen atoms in total. The summed E-state index contributed by atoms with van der Waals surface area (Å²) in [7, 11) is 0. The molecule has 0 radical (unpaired) electrons. The van der Waals surface area contributed by atoms with Gasteiger partial charge in [0.25, 0.3) is 0 Å². The van der Waals surface area contributed by atoms with E-state index in [-0.39, 0.29) is 24.3 Å². The summed E-state index contributed by atoms with van der Waals surface area (Å²) in [6.45, 7) is 1.13. The summed E-state index contributed by atoms with van der Waals surface area (Å²) in [4.78, 5) is 0. The zero-order valence-electron chi connectivity index (χ0n) is 19.3. The fraction of sp³-hybridized carbons (Fsp3) is 0.440. The number of ether oxygens (including phenoxy) is 1. The van der Waals surface area contributed by atoms with Crippen LogP contribution in [-0.4, -0.2) is 39.6 Å². The number of benzene rings is 2. The average molecular weight is 493 g/mol. The lowest BCUT2D eigenvalue weighted by molar-refractivity contribution is -0.137. The predicted octanol–water partition coefficient (Wildman–Crippen LogP) is 4.51. The maximum Gasteiger partial charge on any atom is 0.416 e. The van der Waals surface area contributed by atoms with Gasteiger partial charge in [0.2, 0.25) is 0 Å². The molecular formula is C25H28F4N4O2. The Morgan fingerprint density at radius 2 is 1.83 bits per heavy atom. The van der Waals surface area contributed by atoms with E-state index >= 15 is 0 Å². The Balaban J connectivity index is 1.57. The zero-order valence-corrected chi connectivity index (χ0v) is 19.3. The minimum absolute atomic E-state index is 0.0412. The van der Waals surface area contributed by atoms with Gasteiger partial charge >= 0.3 is 6.18 Å². The topological polar surface area (TPSA) is 72.2 Å². The van der Waals surface area contributed by atoms with Gasteiger partial charge in [0, 0.05) is 6.54 Å². The van der Waals surface area contributed by atoms with Gasteiger partial charge in [-0.15, -0.1) is 10.2 Å². The van der Waals surface area contributed by atoms with Crippen LogP contribution in [0.5, 0.6) is 0 Å². The van der Waals surface area contributed by atoms with Crippen molar-refractivity contribution in [3.63, 3.8) is 0 Å². The molecule has 2 aromatic carbocycles. The molecule has 1 saturated heterocycles. The first kappa shape index (κ1) is 25.3. The first-order valence-electron chi connectivity index (χ1n) is 11.4. The lowest BCUT2D eigenvalue weighted by atomic mass is 9.76. The van der Waals surface area contributed by atoms with Gasteiger partial charge in [0.05, 0.1) is 36.0 Å². The number of hydrogen-bond acceptors (Lipinski definition) is 5. The van der Waals surface area contributed by atoms with Crippen molar-refractivity contribution in [1.82, 2.24) is 20.1 Å². The zero-order chi connectivity index (χ0) is 25.1. The van der Waals surface area contributed by atoms with Crippen LogP contribution in [0.25, 0.3) is 0 Å². The lowest BCUT2D eigenvalue weighted by Gasteiger charge is -2.47. The molecule has 0 amide bonds. The molecule has 35 heavy (non-hydrogen) atoms. The van der Waals surface area contributed by atoms with Crippen LogP contribution >= 0.6 is 0 Å². The van der Waals surface area contributed by atoms with E-state index in [1.165, 1.54) is 6.07 Å². The van der Waals surface area contributed by atoms with Crippen molar-refractivity contribution in [3.05, 3.63) is 83.4 Å². The van der Waals surface area contributed by atoms with Crippen LogP contribution in [-0.2, 0) is 28.7 Å². The molecule has 0 spiro atoms. The number of piperidine rings is 1. The molecule has 3 atom stereocenters. The van der Waals surface area contributed by atoms with Crippen molar-refractivity contribution in [2.24, 2.45) is 0 Å². The molecule has 2 N–H and O–H groups in total. The van der Waals surface area contributed by atoms with Crippen molar-refractivity contribution < 1.29 is 27.4 Å². The van der Waals surface area contributed by atoms with Crippen LogP contribution in [0, 0.1) is 0 Å². The number of halogens is 4. The van der Waals surface area contributed by atoms with Crippen LogP contribution in [0.1, 0.15) is 48.1 Å². The summed E-state index contributed by atoms with van der Waals surface area (Å²) < 4.78 is 61.2. The Morgan fingerprint density at radius 3 is 2.40 bits per heavy atom. The van der Waals surface area contributed by atoms with Gasteiger partial charge in [-0.05, 0) is 48.6 Å². The second-order valence-electron chi connectivity index (χ2n) is 9.10. The van der Waals surface area contributed by atoms with E-state index in [2.05, 4.69) is 15.5 Å². The molecular weight excluding hydrogens is 464 g/mol. The van der Waals surface area contributed by atoms with E-state index in [0.717, 1.165) is 17.7 Å². The first-order chi connectivity index (χ1) is 16.7. The third kappa shape index (κ3) is 5.24. The summed E-state index contributed by atoms with van der Waals surface area (Å²) in [6, 6.07) is 12.9. The number of nitrogens with one attached hydrogen (secondary N) is 1. The molecule has 3 aromatic rings. The van der Waals surface area contributed by atoms with Gasteiger partial charge in [-0.25, -0.2) is 4.39 Å². The molecule has 1 fully saturated rings. The van der Waals surface area contributed by atoms with Crippen LogP contribution in [0.15, 0.2) is 61.2 Å².